The molecule has 0 aromatic rings. The molecule has 4 nitrogen and oxygen atoms in total. The van der Waals surface area contributed by atoms with Crippen molar-refractivity contribution >= 4 is 0 Å². The molecule has 86 valence electrons. The van der Waals surface area contributed by atoms with Gasteiger partial charge >= 0.3 is 0 Å². The summed E-state index contributed by atoms with van der Waals surface area (Å²) in [4.78, 5) is 2.46. The first-order chi connectivity index (χ1) is 6.85. The van der Waals surface area contributed by atoms with E-state index in [9.17, 15) is 0 Å². The summed E-state index contributed by atoms with van der Waals surface area (Å²) < 4.78 is 0. The Morgan fingerprint density at radius 3 is 1.86 bits per heavy atom. The lowest BCUT2D eigenvalue weighted by Gasteiger charge is -2.21. The normalized spacial score (nSPS) is 11.1. The summed E-state index contributed by atoms with van der Waals surface area (Å²) in [6, 6.07) is 0. The lowest BCUT2D eigenvalue weighted by molar-refractivity contribution is 0.266. The highest BCUT2D eigenvalue weighted by molar-refractivity contribution is 4.59. The zero-order valence-electron chi connectivity index (χ0n) is 9.47. The topological polar surface area (TPSA) is 67.3 Å². The second kappa shape index (κ2) is 10.9. The van der Waals surface area contributed by atoms with E-state index in [1.165, 1.54) is 6.42 Å². The first-order valence-corrected chi connectivity index (χ1v) is 5.62. The molecular weight excluding hydrogens is 176 g/mol. The number of nitrogens with zero attached hydrogens (tertiary/aromatic N) is 1. The highest BCUT2D eigenvalue weighted by atomic mass is 15.1. The summed E-state index contributed by atoms with van der Waals surface area (Å²) in [5, 5.41) is 3.16. The summed E-state index contributed by atoms with van der Waals surface area (Å²) in [5.74, 6) is 0. The fourth-order valence-electron chi connectivity index (χ4n) is 1.44. The zero-order chi connectivity index (χ0) is 10.6. The molecule has 0 heterocycles. The van der Waals surface area contributed by atoms with E-state index in [-0.39, 0.29) is 0 Å². The van der Waals surface area contributed by atoms with Crippen LogP contribution in [0.5, 0.6) is 0 Å². The summed E-state index contributed by atoms with van der Waals surface area (Å²) in [7, 11) is 1.99. The van der Waals surface area contributed by atoms with Gasteiger partial charge in [0, 0.05) is 0 Å². The van der Waals surface area contributed by atoms with Crippen molar-refractivity contribution in [2.75, 3.05) is 46.3 Å². The summed E-state index contributed by atoms with van der Waals surface area (Å²) >= 11 is 0. The molecule has 0 radical (unpaired) electrons. The van der Waals surface area contributed by atoms with Crippen molar-refractivity contribution in [1.29, 1.82) is 0 Å². The third-order valence-electron chi connectivity index (χ3n) is 2.26. The number of hydrogen-bond acceptors (Lipinski definition) is 4. The van der Waals surface area contributed by atoms with Gasteiger partial charge in [0.1, 0.15) is 0 Å². The number of rotatable bonds is 10. The van der Waals surface area contributed by atoms with Gasteiger partial charge in [-0.15, -0.1) is 0 Å². The molecule has 0 unspecified atom stereocenters. The summed E-state index contributed by atoms with van der Waals surface area (Å²) in [5.41, 5.74) is 11.0. The molecule has 0 rings (SSSR count). The highest BCUT2D eigenvalue weighted by Gasteiger charge is 2.02. The lowest BCUT2D eigenvalue weighted by Crippen LogP contribution is -2.31. The fourth-order valence-corrected chi connectivity index (χ4v) is 1.44. The van der Waals surface area contributed by atoms with Gasteiger partial charge in [-0.25, -0.2) is 0 Å². The van der Waals surface area contributed by atoms with Gasteiger partial charge in [0.25, 0.3) is 0 Å². The van der Waals surface area contributed by atoms with Crippen molar-refractivity contribution < 1.29 is 0 Å². The molecule has 0 atom stereocenters. The van der Waals surface area contributed by atoms with E-state index in [2.05, 4.69) is 10.2 Å². The Bertz CT molecular complexity index is 100. The van der Waals surface area contributed by atoms with Gasteiger partial charge in [-0.05, 0) is 65.6 Å². The quantitative estimate of drug-likeness (QED) is 0.422. The van der Waals surface area contributed by atoms with Crippen LogP contribution in [0.2, 0.25) is 0 Å². The predicted molar refractivity (Wildman–Crippen MR) is 62.3 cm³/mol. The predicted octanol–water partition coefficient (Wildman–Crippen LogP) is -0.404. The highest BCUT2D eigenvalue weighted by Crippen LogP contribution is 1.95. The zero-order valence-corrected chi connectivity index (χ0v) is 9.47. The molecular formula is C10H26N4. The molecule has 0 aliphatic carbocycles. The monoisotopic (exact) mass is 202 g/mol. The van der Waals surface area contributed by atoms with Crippen molar-refractivity contribution in [3.05, 3.63) is 0 Å². The maximum absolute atomic E-state index is 5.50. The minimum Gasteiger partial charge on any atom is -0.330 e. The van der Waals surface area contributed by atoms with Crippen LogP contribution < -0.4 is 16.8 Å². The summed E-state index contributed by atoms with van der Waals surface area (Å²) in [6.45, 7) is 6.03. The molecule has 0 aromatic carbocycles. The third-order valence-corrected chi connectivity index (χ3v) is 2.26. The van der Waals surface area contributed by atoms with Gasteiger partial charge in [-0.2, -0.15) is 0 Å². The Morgan fingerprint density at radius 2 is 1.43 bits per heavy atom. The molecule has 0 bridgehead atoms. The SMILES string of the molecule is CNCCCN(CCCN)CCCN. The van der Waals surface area contributed by atoms with Gasteiger partial charge in [0.2, 0.25) is 0 Å². The van der Waals surface area contributed by atoms with Crippen molar-refractivity contribution in [3.8, 4) is 0 Å². The van der Waals surface area contributed by atoms with E-state index >= 15 is 0 Å². The van der Waals surface area contributed by atoms with Crippen LogP contribution in [0.4, 0.5) is 0 Å². The van der Waals surface area contributed by atoms with Gasteiger partial charge in [0.15, 0.2) is 0 Å². The molecule has 0 aliphatic rings. The second-order valence-corrected chi connectivity index (χ2v) is 3.58. The minimum absolute atomic E-state index is 0.783. The number of hydrogen-bond donors (Lipinski definition) is 3. The third kappa shape index (κ3) is 8.44. The van der Waals surface area contributed by atoms with Crippen LogP contribution in [0.3, 0.4) is 0 Å². The fraction of sp³-hybridized carbons (Fsp3) is 1.00. The van der Waals surface area contributed by atoms with Gasteiger partial charge in [0.05, 0.1) is 0 Å². The largest absolute Gasteiger partial charge is 0.330 e. The lowest BCUT2D eigenvalue weighted by atomic mass is 10.3. The molecule has 0 saturated heterocycles. The van der Waals surface area contributed by atoms with Crippen LogP contribution in [-0.2, 0) is 0 Å². The molecule has 4 heteroatoms. The minimum atomic E-state index is 0.783. The van der Waals surface area contributed by atoms with E-state index in [4.69, 9.17) is 11.5 Å². The van der Waals surface area contributed by atoms with Crippen LogP contribution in [0, 0.1) is 0 Å². The number of nitrogens with two attached hydrogens (primary N) is 2. The molecule has 14 heavy (non-hydrogen) atoms. The molecule has 0 spiro atoms. The molecule has 0 aromatic heterocycles. The van der Waals surface area contributed by atoms with Crippen LogP contribution in [0.15, 0.2) is 0 Å². The van der Waals surface area contributed by atoms with Crippen LogP contribution >= 0.6 is 0 Å². The molecule has 0 fully saturated rings. The molecule has 0 saturated carbocycles. The van der Waals surface area contributed by atoms with E-state index < -0.39 is 0 Å². The van der Waals surface area contributed by atoms with Crippen molar-refractivity contribution in [2.45, 2.75) is 19.3 Å². The van der Waals surface area contributed by atoms with E-state index in [0.29, 0.717) is 0 Å². The molecule has 0 aliphatic heterocycles. The first kappa shape index (κ1) is 13.8. The van der Waals surface area contributed by atoms with Crippen LogP contribution in [-0.4, -0.2) is 51.2 Å². The Kier molecular flexibility index (Phi) is 10.8. The maximum Gasteiger partial charge on any atom is -0.000662 e. The van der Waals surface area contributed by atoms with Gasteiger partial charge in [-0.3, -0.25) is 0 Å². The van der Waals surface area contributed by atoms with E-state index in [1.54, 1.807) is 0 Å². The first-order valence-electron chi connectivity index (χ1n) is 5.62. The Hall–Kier alpha value is -0.160. The van der Waals surface area contributed by atoms with E-state index in [1.807, 2.05) is 7.05 Å². The van der Waals surface area contributed by atoms with E-state index in [0.717, 1.165) is 52.1 Å². The second-order valence-electron chi connectivity index (χ2n) is 3.58. The van der Waals surface area contributed by atoms with Gasteiger partial charge in [-0.1, -0.05) is 0 Å². The molecule has 5 N–H and O–H groups in total. The standard InChI is InChI=1S/C10H26N4/c1-13-7-4-10-14(8-2-5-11)9-3-6-12/h13H,2-12H2,1H3. The maximum atomic E-state index is 5.50. The summed E-state index contributed by atoms with van der Waals surface area (Å²) in [6.07, 6.45) is 3.37. The smallest absolute Gasteiger partial charge is 0.000662 e. The van der Waals surface area contributed by atoms with Gasteiger partial charge < -0.3 is 21.7 Å². The van der Waals surface area contributed by atoms with Crippen molar-refractivity contribution in [3.63, 3.8) is 0 Å². The number of nitrogens with one attached hydrogen (secondary N) is 1. The van der Waals surface area contributed by atoms with Crippen LogP contribution in [0.1, 0.15) is 19.3 Å². The Labute approximate surface area is 88.0 Å². The Balaban J connectivity index is 3.49. The van der Waals surface area contributed by atoms with Crippen molar-refractivity contribution in [1.82, 2.24) is 10.2 Å². The Morgan fingerprint density at radius 1 is 0.929 bits per heavy atom. The average Bonchev–Trinajstić information content (AvgIpc) is 2.21. The molecule has 0 amide bonds. The average molecular weight is 202 g/mol. The van der Waals surface area contributed by atoms with Crippen LogP contribution in [0.25, 0.3) is 0 Å². The van der Waals surface area contributed by atoms with Crippen molar-refractivity contribution in [2.24, 2.45) is 11.5 Å².